The highest BCUT2D eigenvalue weighted by molar-refractivity contribution is 7.93. The second kappa shape index (κ2) is 7.79. The largest absolute Gasteiger partial charge is 0.272 e. The molecule has 1 atom stereocenters. The van der Waals surface area contributed by atoms with Gasteiger partial charge in [0.15, 0.2) is 0 Å². The standard InChI is InChI=1S/C30H23NO3S/c1-30-20-22-14-8-9-17-24(22)27(21-12-4-2-5-13-21)28(30)25-18-10-11-19-26(25)31(29(30)32)35(33,34)23-15-6-3-7-16-23/h2-19H,20H2,1H3. The molecule has 1 amide bonds. The van der Waals surface area contributed by atoms with Gasteiger partial charge in [0.05, 0.1) is 16.0 Å². The third kappa shape index (κ3) is 3.12. The highest BCUT2D eigenvalue weighted by Crippen LogP contribution is 2.56. The lowest BCUT2D eigenvalue weighted by molar-refractivity contribution is -0.123. The first kappa shape index (κ1) is 21.6. The van der Waals surface area contributed by atoms with Crippen LogP contribution in [-0.2, 0) is 21.2 Å². The predicted octanol–water partition coefficient (Wildman–Crippen LogP) is 5.94. The first-order valence-electron chi connectivity index (χ1n) is 11.6. The fourth-order valence-electron chi connectivity index (χ4n) is 5.45. The van der Waals surface area contributed by atoms with Gasteiger partial charge in [-0.25, -0.2) is 12.7 Å². The number of rotatable bonds is 3. The van der Waals surface area contributed by atoms with Gasteiger partial charge in [0.2, 0.25) is 0 Å². The van der Waals surface area contributed by atoms with Gasteiger partial charge >= 0.3 is 0 Å². The normalized spacial score (nSPS) is 19.1. The number of para-hydroxylation sites is 1. The lowest BCUT2D eigenvalue weighted by Gasteiger charge is -2.45. The molecule has 0 N–H and O–H groups in total. The Morgan fingerprint density at radius 2 is 1.29 bits per heavy atom. The number of anilines is 1. The summed E-state index contributed by atoms with van der Waals surface area (Å²) >= 11 is 0. The summed E-state index contributed by atoms with van der Waals surface area (Å²) < 4.78 is 28.8. The molecule has 0 spiro atoms. The minimum atomic E-state index is -4.11. The SMILES string of the molecule is CC12Cc3ccccc3C(c3ccccc3)=C1c1ccccc1N(S(=O)(=O)c1ccccc1)C2=O. The fraction of sp³-hybridized carbons (Fsp3) is 0.100. The first-order chi connectivity index (χ1) is 16.9. The van der Waals surface area contributed by atoms with Gasteiger partial charge in [-0.05, 0) is 59.4 Å². The maximum atomic E-state index is 14.4. The fourth-order valence-corrected chi connectivity index (χ4v) is 7.00. The molecule has 0 radical (unpaired) electrons. The van der Waals surface area contributed by atoms with Gasteiger partial charge in [0, 0.05) is 5.56 Å². The molecule has 4 nitrogen and oxygen atoms in total. The van der Waals surface area contributed by atoms with Gasteiger partial charge in [0.1, 0.15) is 0 Å². The molecule has 1 heterocycles. The molecule has 1 aliphatic carbocycles. The molecule has 5 heteroatoms. The third-order valence-electron chi connectivity index (χ3n) is 7.03. The minimum absolute atomic E-state index is 0.0960. The zero-order valence-corrected chi connectivity index (χ0v) is 20.0. The number of amides is 1. The van der Waals surface area contributed by atoms with E-state index in [0.717, 1.165) is 37.7 Å². The lowest BCUT2D eigenvalue weighted by Crippen LogP contribution is -2.51. The summed E-state index contributed by atoms with van der Waals surface area (Å²) in [6, 6.07) is 33.6. The molecular weight excluding hydrogens is 454 g/mol. The van der Waals surface area contributed by atoms with E-state index in [0.29, 0.717) is 12.1 Å². The van der Waals surface area contributed by atoms with Gasteiger partial charge in [-0.3, -0.25) is 4.79 Å². The third-order valence-corrected chi connectivity index (χ3v) is 8.74. The van der Waals surface area contributed by atoms with Crippen LogP contribution in [0.4, 0.5) is 5.69 Å². The maximum absolute atomic E-state index is 14.4. The molecule has 35 heavy (non-hydrogen) atoms. The Kier molecular flexibility index (Phi) is 4.80. The van der Waals surface area contributed by atoms with Gasteiger partial charge in [0.25, 0.3) is 15.9 Å². The number of fused-ring (bicyclic) bond motifs is 4. The molecular formula is C30H23NO3S. The Labute approximate surface area is 205 Å². The summed E-state index contributed by atoms with van der Waals surface area (Å²) in [5, 5.41) is 0. The van der Waals surface area contributed by atoms with E-state index in [2.05, 4.69) is 6.07 Å². The van der Waals surface area contributed by atoms with Crippen LogP contribution in [0, 0.1) is 5.41 Å². The van der Waals surface area contributed by atoms with Crippen LogP contribution in [0.3, 0.4) is 0 Å². The molecule has 0 saturated carbocycles. The molecule has 172 valence electrons. The van der Waals surface area contributed by atoms with Crippen molar-refractivity contribution in [2.45, 2.75) is 18.2 Å². The molecule has 0 fully saturated rings. The van der Waals surface area contributed by atoms with E-state index >= 15 is 0 Å². The summed E-state index contributed by atoms with van der Waals surface area (Å²) in [5.74, 6) is -0.432. The van der Waals surface area contributed by atoms with Crippen molar-refractivity contribution in [2.75, 3.05) is 4.31 Å². The van der Waals surface area contributed by atoms with Crippen molar-refractivity contribution in [1.82, 2.24) is 0 Å². The van der Waals surface area contributed by atoms with Gasteiger partial charge < -0.3 is 0 Å². The molecule has 4 aromatic carbocycles. The Balaban J connectivity index is 1.72. The van der Waals surface area contributed by atoms with Crippen molar-refractivity contribution in [3.63, 3.8) is 0 Å². The van der Waals surface area contributed by atoms with Crippen molar-refractivity contribution < 1.29 is 13.2 Å². The molecule has 1 unspecified atom stereocenters. The smallest absolute Gasteiger partial charge is 0.270 e. The Morgan fingerprint density at radius 1 is 0.714 bits per heavy atom. The Bertz CT molecular complexity index is 1610. The summed E-state index contributed by atoms with van der Waals surface area (Å²) in [6.07, 6.45) is 0.419. The monoisotopic (exact) mass is 477 g/mol. The summed E-state index contributed by atoms with van der Waals surface area (Å²) in [4.78, 5) is 14.5. The van der Waals surface area contributed by atoms with Crippen LogP contribution in [0.25, 0.3) is 11.1 Å². The van der Waals surface area contributed by atoms with Crippen LogP contribution in [0.2, 0.25) is 0 Å². The molecule has 6 rings (SSSR count). The van der Waals surface area contributed by atoms with E-state index in [-0.39, 0.29) is 4.90 Å². The van der Waals surface area contributed by atoms with Crippen LogP contribution in [0.5, 0.6) is 0 Å². The average Bonchev–Trinajstić information content (AvgIpc) is 2.89. The van der Waals surface area contributed by atoms with Crippen LogP contribution in [0.15, 0.2) is 114 Å². The second-order valence-electron chi connectivity index (χ2n) is 9.19. The Hall–Kier alpha value is -3.96. The maximum Gasteiger partial charge on any atom is 0.270 e. The average molecular weight is 478 g/mol. The Morgan fingerprint density at radius 3 is 2.00 bits per heavy atom. The minimum Gasteiger partial charge on any atom is -0.272 e. The van der Waals surface area contributed by atoms with Crippen molar-refractivity contribution in [3.05, 3.63) is 131 Å². The van der Waals surface area contributed by atoms with Crippen molar-refractivity contribution in [3.8, 4) is 0 Å². The molecule has 2 aliphatic rings. The molecule has 4 aromatic rings. The van der Waals surface area contributed by atoms with Crippen LogP contribution in [0.1, 0.15) is 29.2 Å². The number of carbonyl (C=O) groups is 1. The van der Waals surface area contributed by atoms with E-state index in [1.54, 1.807) is 30.3 Å². The van der Waals surface area contributed by atoms with Gasteiger partial charge in [-0.1, -0.05) is 91.0 Å². The van der Waals surface area contributed by atoms with Crippen LogP contribution in [-0.4, -0.2) is 14.3 Å². The highest BCUT2D eigenvalue weighted by Gasteiger charge is 2.53. The number of sulfonamides is 1. The number of nitrogens with zero attached hydrogens (tertiary/aromatic N) is 1. The predicted molar refractivity (Wildman–Crippen MR) is 138 cm³/mol. The van der Waals surface area contributed by atoms with Gasteiger partial charge in [-0.15, -0.1) is 0 Å². The lowest BCUT2D eigenvalue weighted by atomic mass is 9.63. The van der Waals surface area contributed by atoms with Crippen molar-refractivity contribution >= 4 is 32.8 Å². The first-order valence-corrected chi connectivity index (χ1v) is 13.0. The second-order valence-corrected chi connectivity index (χ2v) is 11.0. The van der Waals surface area contributed by atoms with E-state index < -0.39 is 21.3 Å². The zero-order valence-electron chi connectivity index (χ0n) is 19.2. The number of hydrogen-bond donors (Lipinski definition) is 0. The van der Waals surface area contributed by atoms with E-state index in [9.17, 15) is 13.2 Å². The van der Waals surface area contributed by atoms with Crippen LogP contribution < -0.4 is 4.31 Å². The van der Waals surface area contributed by atoms with Crippen molar-refractivity contribution in [1.29, 1.82) is 0 Å². The van der Waals surface area contributed by atoms with E-state index in [4.69, 9.17) is 0 Å². The zero-order chi connectivity index (χ0) is 24.2. The number of benzene rings is 4. The van der Waals surface area contributed by atoms with Crippen LogP contribution >= 0.6 is 0 Å². The molecule has 0 bridgehead atoms. The van der Waals surface area contributed by atoms with E-state index in [1.807, 2.05) is 67.6 Å². The summed E-state index contributed by atoms with van der Waals surface area (Å²) in [5.41, 5.74) is 5.06. The van der Waals surface area contributed by atoms with E-state index in [1.165, 1.54) is 12.1 Å². The molecule has 0 aromatic heterocycles. The van der Waals surface area contributed by atoms with Gasteiger partial charge in [-0.2, -0.15) is 0 Å². The van der Waals surface area contributed by atoms with Crippen molar-refractivity contribution in [2.24, 2.45) is 5.41 Å². The topological polar surface area (TPSA) is 54.5 Å². The summed E-state index contributed by atoms with van der Waals surface area (Å²) in [7, 11) is -4.11. The highest BCUT2D eigenvalue weighted by atomic mass is 32.2. The molecule has 1 aliphatic heterocycles. The quantitative estimate of drug-likeness (QED) is 0.367. The number of hydrogen-bond acceptors (Lipinski definition) is 3. The number of carbonyl (C=O) groups excluding carboxylic acids is 1. The summed E-state index contributed by atoms with van der Waals surface area (Å²) in [6.45, 7) is 1.88. The molecule has 0 saturated heterocycles.